The van der Waals surface area contributed by atoms with Gasteiger partial charge in [0.25, 0.3) is 11.8 Å². The molecule has 1 aliphatic rings. The van der Waals surface area contributed by atoms with E-state index in [9.17, 15) is 14.4 Å². The summed E-state index contributed by atoms with van der Waals surface area (Å²) in [6.45, 7) is 2.49. The van der Waals surface area contributed by atoms with Crippen LogP contribution in [0.3, 0.4) is 0 Å². The Labute approximate surface area is 145 Å². The van der Waals surface area contributed by atoms with Crippen LogP contribution in [0.2, 0.25) is 0 Å². The maximum Gasteiger partial charge on any atom is 0.341 e. The lowest BCUT2D eigenvalue weighted by Crippen LogP contribution is -2.88. The molecule has 0 radical (unpaired) electrons. The fraction of sp³-hybridized carbons (Fsp3) is 0.562. The average molecular weight is 354 g/mol. The molecule has 1 aliphatic carbocycles. The highest BCUT2D eigenvalue weighted by Crippen LogP contribution is 2.39. The number of carbonyl (C=O) groups is 3. The van der Waals surface area contributed by atoms with E-state index in [0.717, 1.165) is 29.7 Å². The summed E-state index contributed by atoms with van der Waals surface area (Å²) in [5, 5.41) is 7.47. The number of esters is 1. The summed E-state index contributed by atoms with van der Waals surface area (Å²) in [5.41, 5.74) is 1.50. The molecule has 0 unspecified atom stereocenters. The van der Waals surface area contributed by atoms with Gasteiger partial charge in [-0.15, -0.1) is 11.3 Å². The molecular weight excluding hydrogens is 330 g/mol. The summed E-state index contributed by atoms with van der Waals surface area (Å²) in [5.74, 6) is -0.216. The molecule has 1 aromatic rings. The van der Waals surface area contributed by atoms with E-state index in [1.165, 1.54) is 18.4 Å². The Hall–Kier alpha value is -1.93. The fourth-order valence-electron chi connectivity index (χ4n) is 2.77. The van der Waals surface area contributed by atoms with Gasteiger partial charge in [-0.1, -0.05) is 6.92 Å². The number of hydrogen-bond acceptors (Lipinski definition) is 5. The van der Waals surface area contributed by atoms with Crippen LogP contribution in [0, 0.1) is 5.92 Å². The summed E-state index contributed by atoms with van der Waals surface area (Å²) in [6, 6.07) is 0. The van der Waals surface area contributed by atoms with Crippen molar-refractivity contribution in [1.82, 2.24) is 5.32 Å². The Morgan fingerprint density at radius 3 is 2.67 bits per heavy atom. The van der Waals surface area contributed by atoms with Crippen LogP contribution in [0.5, 0.6) is 0 Å². The summed E-state index contributed by atoms with van der Waals surface area (Å²) in [7, 11) is 2.90. The Bertz CT molecular complexity index is 642. The molecule has 0 saturated carbocycles. The first kappa shape index (κ1) is 18.4. The zero-order valence-corrected chi connectivity index (χ0v) is 15.0. The number of carbonyl (C=O) groups excluding carboxylic acids is 3. The van der Waals surface area contributed by atoms with Gasteiger partial charge in [0.1, 0.15) is 5.00 Å². The van der Waals surface area contributed by atoms with Crippen molar-refractivity contribution < 1.29 is 24.4 Å². The number of fused-ring (bicyclic) bond motifs is 1. The third-order valence-corrected chi connectivity index (χ3v) is 5.26. The second-order valence-corrected chi connectivity index (χ2v) is 7.07. The maximum atomic E-state index is 12.1. The van der Waals surface area contributed by atoms with E-state index >= 15 is 0 Å². The van der Waals surface area contributed by atoms with E-state index in [1.807, 2.05) is 0 Å². The van der Waals surface area contributed by atoms with Crippen LogP contribution in [0.25, 0.3) is 0 Å². The standard InChI is InChI=1S/C16H23N3O4S/c1-9-4-5-10-11(6-9)24-15(14(10)16(22)23-3)19-13(21)8-18-7-12(20)17-2/h9,18H,4-8H2,1-3H3,(H,17,20)(H,19,21)/p+1/t9-/m0/s1. The van der Waals surface area contributed by atoms with Gasteiger partial charge >= 0.3 is 5.97 Å². The van der Waals surface area contributed by atoms with Gasteiger partial charge in [0, 0.05) is 11.9 Å². The molecule has 2 amide bonds. The highest BCUT2D eigenvalue weighted by Gasteiger charge is 2.29. The fourth-order valence-corrected chi connectivity index (χ4v) is 4.19. The summed E-state index contributed by atoms with van der Waals surface area (Å²) in [6.07, 6.45) is 2.78. The summed E-state index contributed by atoms with van der Waals surface area (Å²) >= 11 is 1.46. The molecule has 1 atom stereocenters. The van der Waals surface area contributed by atoms with Crippen LogP contribution < -0.4 is 16.0 Å². The molecule has 24 heavy (non-hydrogen) atoms. The molecule has 0 fully saturated rings. The first-order valence-electron chi connectivity index (χ1n) is 8.01. The molecule has 0 saturated heterocycles. The second-order valence-electron chi connectivity index (χ2n) is 5.97. The predicted molar refractivity (Wildman–Crippen MR) is 91.2 cm³/mol. The normalized spacial score (nSPS) is 16.2. The molecule has 0 aromatic carbocycles. The predicted octanol–water partition coefficient (Wildman–Crippen LogP) is -0.0926. The number of likely N-dealkylation sites (N-methyl/N-ethyl adjacent to an activating group) is 1. The van der Waals surface area contributed by atoms with Crippen molar-refractivity contribution in [3.05, 3.63) is 16.0 Å². The number of amides is 2. The minimum absolute atomic E-state index is 0.118. The molecular formula is C16H24N3O4S+. The molecule has 2 rings (SSSR count). The average Bonchev–Trinajstić information content (AvgIpc) is 2.90. The van der Waals surface area contributed by atoms with Crippen molar-refractivity contribution in [2.45, 2.75) is 26.2 Å². The van der Waals surface area contributed by atoms with Crippen LogP contribution in [-0.2, 0) is 27.2 Å². The zero-order chi connectivity index (χ0) is 17.7. The Morgan fingerprint density at radius 2 is 2.00 bits per heavy atom. The Balaban J connectivity index is 2.10. The molecule has 0 aliphatic heterocycles. The van der Waals surface area contributed by atoms with Gasteiger partial charge in [-0.3, -0.25) is 9.59 Å². The number of nitrogens with one attached hydrogen (secondary N) is 2. The van der Waals surface area contributed by atoms with E-state index in [2.05, 4.69) is 17.6 Å². The first-order chi connectivity index (χ1) is 11.5. The first-order valence-corrected chi connectivity index (χ1v) is 8.82. The molecule has 7 nitrogen and oxygen atoms in total. The van der Waals surface area contributed by atoms with Crippen LogP contribution in [0.1, 0.15) is 34.1 Å². The van der Waals surface area contributed by atoms with Crippen LogP contribution in [0.15, 0.2) is 0 Å². The Morgan fingerprint density at radius 1 is 1.29 bits per heavy atom. The largest absolute Gasteiger partial charge is 0.465 e. The monoisotopic (exact) mass is 354 g/mol. The van der Waals surface area contributed by atoms with Crippen LogP contribution >= 0.6 is 11.3 Å². The quantitative estimate of drug-likeness (QED) is 0.621. The summed E-state index contributed by atoms with van der Waals surface area (Å²) < 4.78 is 4.89. The number of hydrogen-bond donors (Lipinski definition) is 3. The minimum Gasteiger partial charge on any atom is -0.465 e. The van der Waals surface area contributed by atoms with E-state index in [1.54, 1.807) is 12.4 Å². The number of rotatable bonds is 6. The van der Waals surface area contributed by atoms with Crippen LogP contribution in [-0.4, -0.2) is 45.0 Å². The van der Waals surface area contributed by atoms with Gasteiger partial charge in [-0.2, -0.15) is 0 Å². The van der Waals surface area contributed by atoms with Crippen molar-refractivity contribution in [2.75, 3.05) is 32.6 Å². The van der Waals surface area contributed by atoms with E-state index < -0.39 is 5.97 Å². The molecule has 0 spiro atoms. The summed E-state index contributed by atoms with van der Waals surface area (Å²) in [4.78, 5) is 36.6. The lowest BCUT2D eigenvalue weighted by molar-refractivity contribution is -0.632. The number of thiophene rings is 1. The zero-order valence-electron chi connectivity index (χ0n) is 14.2. The van der Waals surface area contributed by atoms with Gasteiger partial charge in [-0.25, -0.2) is 4.79 Å². The van der Waals surface area contributed by atoms with Gasteiger partial charge in [0.2, 0.25) is 0 Å². The Kier molecular flexibility index (Phi) is 6.33. The van der Waals surface area contributed by atoms with Crippen molar-refractivity contribution in [2.24, 2.45) is 5.92 Å². The number of methoxy groups -OCH3 is 1. The highest BCUT2D eigenvalue weighted by atomic mass is 32.1. The molecule has 8 heteroatoms. The van der Waals surface area contributed by atoms with Gasteiger partial charge < -0.3 is 20.7 Å². The molecule has 1 heterocycles. The second kappa shape index (κ2) is 8.25. The number of quaternary nitrogens is 1. The number of ether oxygens (including phenoxy) is 1. The van der Waals surface area contributed by atoms with Crippen molar-refractivity contribution >= 4 is 34.1 Å². The molecule has 4 N–H and O–H groups in total. The third kappa shape index (κ3) is 4.33. The minimum atomic E-state index is -0.410. The lowest BCUT2D eigenvalue weighted by atomic mass is 9.88. The van der Waals surface area contributed by atoms with Crippen molar-refractivity contribution in [3.63, 3.8) is 0 Å². The van der Waals surface area contributed by atoms with Crippen LogP contribution in [0.4, 0.5) is 5.00 Å². The van der Waals surface area contributed by atoms with Gasteiger partial charge in [-0.05, 0) is 30.7 Å². The lowest BCUT2D eigenvalue weighted by Gasteiger charge is -2.18. The van der Waals surface area contributed by atoms with E-state index in [0.29, 0.717) is 16.5 Å². The molecule has 132 valence electrons. The number of anilines is 1. The highest BCUT2D eigenvalue weighted by molar-refractivity contribution is 7.17. The van der Waals surface area contributed by atoms with E-state index in [4.69, 9.17) is 4.74 Å². The van der Waals surface area contributed by atoms with Crippen molar-refractivity contribution in [3.8, 4) is 0 Å². The molecule has 0 bridgehead atoms. The van der Waals surface area contributed by atoms with Gasteiger partial charge in [0.05, 0.1) is 12.7 Å². The maximum absolute atomic E-state index is 12.1. The van der Waals surface area contributed by atoms with Crippen molar-refractivity contribution in [1.29, 1.82) is 0 Å². The topological polar surface area (TPSA) is 101 Å². The number of nitrogens with two attached hydrogens (primary N) is 1. The molecule has 1 aromatic heterocycles. The third-order valence-electron chi connectivity index (χ3n) is 4.09. The van der Waals surface area contributed by atoms with Gasteiger partial charge in [0.15, 0.2) is 13.1 Å². The SMILES string of the molecule is CNC(=O)C[NH2+]CC(=O)Nc1sc2c(c1C(=O)OC)CC[C@H](C)C2. The smallest absolute Gasteiger partial charge is 0.341 e. The van der Waals surface area contributed by atoms with E-state index in [-0.39, 0.29) is 24.9 Å².